The average Bonchev–Trinajstić information content (AvgIpc) is 2.37. The maximum Gasteiger partial charge on any atom is 0.122 e. The Morgan fingerprint density at radius 3 is 2.56 bits per heavy atom. The van der Waals surface area contributed by atoms with Gasteiger partial charge in [0.2, 0.25) is 0 Å². The van der Waals surface area contributed by atoms with E-state index < -0.39 is 0 Å². The third-order valence-electron chi connectivity index (χ3n) is 3.18. The number of hydrogen-bond donors (Lipinski definition) is 3. The molecule has 0 aliphatic heterocycles. The van der Waals surface area contributed by atoms with Crippen molar-refractivity contribution in [3.8, 4) is 5.75 Å². The first kappa shape index (κ1) is 15.0. The standard InChI is InChI=1S/C14H25N3O/c1-10-6-12(14(18-3)7-11(10)2)4-5-17-9-13(16)8-15/h6-7,13,17H,4-5,8-9,15-16H2,1-3H3. The molecule has 5 N–H and O–H groups in total. The lowest BCUT2D eigenvalue weighted by atomic mass is 10.0. The van der Waals surface area contributed by atoms with Crippen molar-refractivity contribution in [3.63, 3.8) is 0 Å². The van der Waals surface area contributed by atoms with Crippen LogP contribution in [0.1, 0.15) is 16.7 Å². The SMILES string of the molecule is COc1cc(C)c(C)cc1CCNCC(N)CN. The monoisotopic (exact) mass is 251 g/mol. The number of ether oxygens (including phenoxy) is 1. The number of aryl methyl sites for hydroxylation is 2. The zero-order chi connectivity index (χ0) is 13.5. The lowest BCUT2D eigenvalue weighted by molar-refractivity contribution is 0.408. The van der Waals surface area contributed by atoms with E-state index in [-0.39, 0.29) is 6.04 Å². The van der Waals surface area contributed by atoms with Crippen molar-refractivity contribution in [2.45, 2.75) is 26.3 Å². The quantitative estimate of drug-likeness (QED) is 0.625. The molecule has 0 radical (unpaired) electrons. The molecule has 0 aliphatic rings. The smallest absolute Gasteiger partial charge is 0.122 e. The zero-order valence-electron chi connectivity index (χ0n) is 11.6. The molecule has 0 heterocycles. The Kier molecular flexibility index (Phi) is 6.12. The van der Waals surface area contributed by atoms with Crippen LogP contribution in [0.15, 0.2) is 12.1 Å². The fraction of sp³-hybridized carbons (Fsp3) is 0.571. The molecule has 4 nitrogen and oxygen atoms in total. The Bertz CT molecular complexity index is 380. The molecule has 102 valence electrons. The van der Waals surface area contributed by atoms with Crippen LogP contribution >= 0.6 is 0 Å². The Morgan fingerprint density at radius 2 is 1.94 bits per heavy atom. The van der Waals surface area contributed by atoms with Crippen molar-refractivity contribution in [3.05, 3.63) is 28.8 Å². The molecule has 0 fully saturated rings. The minimum atomic E-state index is 0.0339. The molecule has 0 saturated carbocycles. The summed E-state index contributed by atoms with van der Waals surface area (Å²) >= 11 is 0. The Morgan fingerprint density at radius 1 is 1.28 bits per heavy atom. The van der Waals surface area contributed by atoms with Crippen LogP contribution in [0.4, 0.5) is 0 Å². The molecule has 0 aromatic heterocycles. The Balaban J connectivity index is 2.53. The normalized spacial score (nSPS) is 12.5. The second-order valence-electron chi connectivity index (χ2n) is 4.70. The van der Waals surface area contributed by atoms with E-state index in [1.54, 1.807) is 7.11 Å². The van der Waals surface area contributed by atoms with E-state index in [4.69, 9.17) is 16.2 Å². The van der Waals surface area contributed by atoms with Gasteiger partial charge in [0.1, 0.15) is 5.75 Å². The fourth-order valence-electron chi connectivity index (χ4n) is 1.83. The highest BCUT2D eigenvalue weighted by Crippen LogP contribution is 2.23. The maximum atomic E-state index is 5.74. The predicted molar refractivity (Wildman–Crippen MR) is 76.1 cm³/mol. The second kappa shape index (κ2) is 7.36. The first-order valence-corrected chi connectivity index (χ1v) is 6.39. The Hall–Kier alpha value is -1.10. The van der Waals surface area contributed by atoms with E-state index in [1.807, 2.05) is 0 Å². The van der Waals surface area contributed by atoms with Crippen molar-refractivity contribution < 1.29 is 4.74 Å². The fourth-order valence-corrected chi connectivity index (χ4v) is 1.83. The van der Waals surface area contributed by atoms with Crippen LogP contribution in [0.25, 0.3) is 0 Å². The van der Waals surface area contributed by atoms with Crippen LogP contribution < -0.4 is 21.5 Å². The summed E-state index contributed by atoms with van der Waals surface area (Å²) in [6, 6.07) is 4.32. The number of rotatable bonds is 7. The van der Waals surface area contributed by atoms with Crippen LogP contribution in [0, 0.1) is 13.8 Å². The van der Waals surface area contributed by atoms with Gasteiger partial charge in [-0.05, 0) is 49.6 Å². The molecule has 1 aromatic rings. The molecule has 1 aromatic carbocycles. The molecule has 1 rings (SSSR count). The van der Waals surface area contributed by atoms with Crippen LogP contribution in [0.3, 0.4) is 0 Å². The van der Waals surface area contributed by atoms with Crippen molar-refractivity contribution in [2.24, 2.45) is 11.5 Å². The van der Waals surface area contributed by atoms with Gasteiger partial charge in [-0.1, -0.05) is 6.07 Å². The van der Waals surface area contributed by atoms with E-state index in [2.05, 4.69) is 31.3 Å². The van der Waals surface area contributed by atoms with Gasteiger partial charge in [-0.2, -0.15) is 0 Å². The van der Waals surface area contributed by atoms with Gasteiger partial charge in [-0.25, -0.2) is 0 Å². The highest BCUT2D eigenvalue weighted by atomic mass is 16.5. The van der Waals surface area contributed by atoms with Crippen LogP contribution in [0.5, 0.6) is 5.75 Å². The minimum Gasteiger partial charge on any atom is -0.496 e. The van der Waals surface area contributed by atoms with E-state index in [0.29, 0.717) is 6.54 Å². The van der Waals surface area contributed by atoms with E-state index >= 15 is 0 Å². The number of nitrogens with one attached hydrogen (secondary N) is 1. The van der Waals surface area contributed by atoms with Crippen molar-refractivity contribution in [2.75, 3.05) is 26.7 Å². The van der Waals surface area contributed by atoms with E-state index in [0.717, 1.165) is 25.3 Å². The summed E-state index contributed by atoms with van der Waals surface area (Å²) in [7, 11) is 1.71. The third kappa shape index (κ3) is 4.29. The predicted octanol–water partition coefficient (Wildman–Crippen LogP) is 0.730. The highest BCUT2D eigenvalue weighted by Gasteiger charge is 2.06. The number of benzene rings is 1. The molecule has 18 heavy (non-hydrogen) atoms. The van der Waals surface area contributed by atoms with Crippen LogP contribution in [0.2, 0.25) is 0 Å². The van der Waals surface area contributed by atoms with Crippen molar-refractivity contribution in [1.82, 2.24) is 5.32 Å². The topological polar surface area (TPSA) is 73.3 Å². The molecule has 0 aliphatic carbocycles. The van der Waals surface area contributed by atoms with Gasteiger partial charge in [0.05, 0.1) is 7.11 Å². The first-order chi connectivity index (χ1) is 8.58. The van der Waals surface area contributed by atoms with E-state index in [9.17, 15) is 0 Å². The van der Waals surface area contributed by atoms with Crippen molar-refractivity contribution >= 4 is 0 Å². The van der Waals surface area contributed by atoms with Crippen LogP contribution in [-0.4, -0.2) is 32.8 Å². The van der Waals surface area contributed by atoms with Gasteiger partial charge in [0.15, 0.2) is 0 Å². The van der Waals surface area contributed by atoms with Gasteiger partial charge >= 0.3 is 0 Å². The van der Waals surface area contributed by atoms with Gasteiger partial charge in [-0.3, -0.25) is 0 Å². The van der Waals surface area contributed by atoms with Gasteiger partial charge in [0, 0.05) is 19.1 Å². The average molecular weight is 251 g/mol. The summed E-state index contributed by atoms with van der Waals surface area (Å²) in [6.07, 6.45) is 0.932. The first-order valence-electron chi connectivity index (χ1n) is 6.39. The van der Waals surface area contributed by atoms with E-state index in [1.165, 1.54) is 16.7 Å². The molecular weight excluding hydrogens is 226 g/mol. The number of nitrogens with two attached hydrogens (primary N) is 2. The highest BCUT2D eigenvalue weighted by molar-refractivity contribution is 5.41. The summed E-state index contributed by atoms with van der Waals surface area (Å²) < 4.78 is 5.41. The lowest BCUT2D eigenvalue weighted by Gasteiger charge is -2.13. The summed E-state index contributed by atoms with van der Waals surface area (Å²) in [5, 5.41) is 3.31. The van der Waals surface area contributed by atoms with Gasteiger partial charge in [-0.15, -0.1) is 0 Å². The summed E-state index contributed by atoms with van der Waals surface area (Å²) in [5.41, 5.74) is 15.0. The molecular formula is C14H25N3O. The molecule has 1 unspecified atom stereocenters. The Labute approximate surface area is 110 Å². The molecule has 0 bridgehead atoms. The summed E-state index contributed by atoms with van der Waals surface area (Å²) in [6.45, 7) is 6.37. The number of hydrogen-bond acceptors (Lipinski definition) is 4. The third-order valence-corrected chi connectivity index (χ3v) is 3.18. The van der Waals surface area contributed by atoms with Crippen LogP contribution in [-0.2, 0) is 6.42 Å². The molecule has 1 atom stereocenters. The number of methoxy groups -OCH3 is 1. The maximum absolute atomic E-state index is 5.74. The zero-order valence-corrected chi connectivity index (χ0v) is 11.6. The molecule has 4 heteroatoms. The largest absolute Gasteiger partial charge is 0.496 e. The molecule has 0 saturated heterocycles. The molecule has 0 amide bonds. The molecule has 0 spiro atoms. The van der Waals surface area contributed by atoms with Gasteiger partial charge in [0.25, 0.3) is 0 Å². The second-order valence-corrected chi connectivity index (χ2v) is 4.70. The van der Waals surface area contributed by atoms with Gasteiger partial charge < -0.3 is 21.5 Å². The lowest BCUT2D eigenvalue weighted by Crippen LogP contribution is -2.40. The van der Waals surface area contributed by atoms with Crippen molar-refractivity contribution in [1.29, 1.82) is 0 Å². The summed E-state index contributed by atoms with van der Waals surface area (Å²) in [4.78, 5) is 0. The summed E-state index contributed by atoms with van der Waals surface area (Å²) in [5.74, 6) is 0.961. The minimum absolute atomic E-state index is 0.0339.